The zero-order valence-electron chi connectivity index (χ0n) is 17.0. The molecular formula is C22H32N4O2. The van der Waals surface area contributed by atoms with Crippen LogP contribution < -0.4 is 15.4 Å². The van der Waals surface area contributed by atoms with E-state index >= 15 is 0 Å². The molecule has 28 heavy (non-hydrogen) atoms. The summed E-state index contributed by atoms with van der Waals surface area (Å²) in [6.07, 6.45) is 5.26. The van der Waals surface area contributed by atoms with Crippen molar-refractivity contribution in [1.29, 1.82) is 0 Å². The minimum absolute atomic E-state index is 0.224. The van der Waals surface area contributed by atoms with Crippen LogP contribution in [0.3, 0.4) is 0 Å². The Morgan fingerprint density at radius 2 is 2.07 bits per heavy atom. The first-order chi connectivity index (χ1) is 13.8. The first kappa shape index (κ1) is 20.3. The maximum absolute atomic E-state index is 5.72. The van der Waals surface area contributed by atoms with Crippen LogP contribution in [0.25, 0.3) is 0 Å². The summed E-state index contributed by atoms with van der Waals surface area (Å²) in [6.45, 7) is 6.53. The first-order valence-corrected chi connectivity index (χ1v) is 10.2. The molecule has 0 saturated carbocycles. The molecule has 2 N–H and O–H groups in total. The molecule has 2 heterocycles. The smallest absolute Gasteiger partial charge is 0.191 e. The van der Waals surface area contributed by atoms with Crippen molar-refractivity contribution < 1.29 is 9.15 Å². The van der Waals surface area contributed by atoms with Gasteiger partial charge in [-0.15, -0.1) is 0 Å². The van der Waals surface area contributed by atoms with E-state index in [1.54, 1.807) is 13.3 Å². The lowest BCUT2D eigenvalue weighted by molar-refractivity contribution is 0.215. The van der Waals surface area contributed by atoms with Gasteiger partial charge in [0.2, 0.25) is 0 Å². The van der Waals surface area contributed by atoms with Gasteiger partial charge in [0.15, 0.2) is 5.96 Å². The van der Waals surface area contributed by atoms with Gasteiger partial charge in [0, 0.05) is 20.1 Å². The van der Waals surface area contributed by atoms with Crippen LogP contribution in [0.15, 0.2) is 52.1 Å². The van der Waals surface area contributed by atoms with Crippen LogP contribution in [-0.2, 0) is 6.54 Å². The van der Waals surface area contributed by atoms with Crippen molar-refractivity contribution in [3.05, 3.63) is 54.0 Å². The predicted molar refractivity (Wildman–Crippen MR) is 113 cm³/mol. The molecule has 0 amide bonds. The summed E-state index contributed by atoms with van der Waals surface area (Å²) in [7, 11) is 1.80. The highest BCUT2D eigenvalue weighted by Gasteiger charge is 2.25. The Labute approximate surface area is 168 Å². The molecule has 152 valence electrons. The molecule has 0 bridgehead atoms. The average Bonchev–Trinajstić information content (AvgIpc) is 3.44. The van der Waals surface area contributed by atoms with Crippen molar-refractivity contribution in [1.82, 2.24) is 15.5 Å². The number of ether oxygens (including phenoxy) is 1. The van der Waals surface area contributed by atoms with E-state index in [9.17, 15) is 0 Å². The van der Waals surface area contributed by atoms with Crippen LogP contribution in [0.5, 0.6) is 5.75 Å². The SMILES string of the molecule is CCCOc1cccc(CNC(=NC)NCC(c2ccco2)N2CCCC2)c1. The lowest BCUT2D eigenvalue weighted by Gasteiger charge is -2.26. The highest BCUT2D eigenvalue weighted by molar-refractivity contribution is 5.79. The fourth-order valence-corrected chi connectivity index (χ4v) is 3.51. The molecule has 0 spiro atoms. The van der Waals surface area contributed by atoms with E-state index in [0.29, 0.717) is 6.54 Å². The number of hydrogen-bond donors (Lipinski definition) is 2. The number of nitrogens with one attached hydrogen (secondary N) is 2. The molecule has 1 aliphatic rings. The van der Waals surface area contributed by atoms with E-state index in [1.165, 1.54) is 18.4 Å². The van der Waals surface area contributed by atoms with Gasteiger partial charge in [-0.1, -0.05) is 19.1 Å². The van der Waals surface area contributed by atoms with Crippen molar-refractivity contribution in [3.8, 4) is 5.75 Å². The van der Waals surface area contributed by atoms with Crippen LogP contribution in [-0.4, -0.2) is 44.1 Å². The molecule has 1 atom stereocenters. The Bertz CT molecular complexity index is 724. The van der Waals surface area contributed by atoms with E-state index in [1.807, 2.05) is 18.2 Å². The number of rotatable bonds is 9. The van der Waals surface area contributed by atoms with E-state index in [-0.39, 0.29) is 6.04 Å². The van der Waals surface area contributed by atoms with Crippen molar-refractivity contribution in [3.63, 3.8) is 0 Å². The van der Waals surface area contributed by atoms with E-state index in [4.69, 9.17) is 9.15 Å². The maximum Gasteiger partial charge on any atom is 0.191 e. The molecule has 1 fully saturated rings. The minimum Gasteiger partial charge on any atom is -0.494 e. The maximum atomic E-state index is 5.72. The normalized spacial score (nSPS) is 16.1. The zero-order chi connectivity index (χ0) is 19.6. The zero-order valence-corrected chi connectivity index (χ0v) is 17.0. The monoisotopic (exact) mass is 384 g/mol. The number of hydrogen-bond acceptors (Lipinski definition) is 4. The quantitative estimate of drug-likeness (QED) is 0.511. The molecule has 0 aliphatic carbocycles. The molecule has 1 unspecified atom stereocenters. The van der Waals surface area contributed by atoms with Gasteiger partial charge in [-0.3, -0.25) is 9.89 Å². The number of likely N-dealkylation sites (tertiary alicyclic amines) is 1. The third kappa shape index (κ3) is 5.76. The van der Waals surface area contributed by atoms with E-state index < -0.39 is 0 Å². The number of guanidine groups is 1. The van der Waals surface area contributed by atoms with Crippen molar-refractivity contribution in [2.24, 2.45) is 4.99 Å². The number of aliphatic imine (C=N–C) groups is 1. The fraction of sp³-hybridized carbons (Fsp3) is 0.500. The lowest BCUT2D eigenvalue weighted by Crippen LogP contribution is -2.42. The van der Waals surface area contributed by atoms with Crippen molar-refractivity contribution >= 4 is 5.96 Å². The molecule has 1 aliphatic heterocycles. The lowest BCUT2D eigenvalue weighted by atomic mass is 10.2. The summed E-state index contributed by atoms with van der Waals surface area (Å²) in [4.78, 5) is 6.85. The molecule has 1 saturated heterocycles. The van der Waals surface area contributed by atoms with Gasteiger partial charge >= 0.3 is 0 Å². The van der Waals surface area contributed by atoms with Gasteiger partial charge in [0.1, 0.15) is 11.5 Å². The summed E-state index contributed by atoms with van der Waals surface area (Å²) in [5, 5.41) is 6.85. The third-order valence-electron chi connectivity index (χ3n) is 4.97. The van der Waals surface area contributed by atoms with Crippen LogP contribution in [0.4, 0.5) is 0 Å². The number of furan rings is 1. The highest BCUT2D eigenvalue weighted by atomic mass is 16.5. The topological polar surface area (TPSA) is 62.0 Å². The second-order valence-corrected chi connectivity index (χ2v) is 7.08. The molecule has 6 nitrogen and oxygen atoms in total. The predicted octanol–water partition coefficient (Wildman–Crippen LogP) is 3.57. The standard InChI is InChI=1S/C22H32N4O2/c1-3-13-27-19-9-6-8-18(15-19)16-24-22(23-2)25-17-20(21-10-7-14-28-21)26-11-4-5-12-26/h6-10,14-15,20H,3-5,11-13,16-17H2,1-2H3,(H2,23,24,25). The molecular weight excluding hydrogens is 352 g/mol. The molecule has 3 rings (SSSR count). The summed E-state index contributed by atoms with van der Waals surface area (Å²) in [6, 6.07) is 12.4. The largest absolute Gasteiger partial charge is 0.494 e. The highest BCUT2D eigenvalue weighted by Crippen LogP contribution is 2.24. The van der Waals surface area contributed by atoms with Gasteiger partial charge in [0.25, 0.3) is 0 Å². The van der Waals surface area contributed by atoms with Crippen LogP contribution in [0.1, 0.15) is 43.6 Å². The van der Waals surface area contributed by atoms with Crippen LogP contribution in [0, 0.1) is 0 Å². The molecule has 1 aromatic heterocycles. The summed E-state index contributed by atoms with van der Waals surface area (Å²) >= 11 is 0. The van der Waals surface area contributed by atoms with Gasteiger partial charge < -0.3 is 19.8 Å². The number of nitrogens with zero attached hydrogens (tertiary/aromatic N) is 2. The van der Waals surface area contributed by atoms with E-state index in [2.05, 4.69) is 45.6 Å². The summed E-state index contributed by atoms with van der Waals surface area (Å²) in [5.41, 5.74) is 1.17. The second-order valence-electron chi connectivity index (χ2n) is 7.08. The van der Waals surface area contributed by atoms with Gasteiger partial charge in [0.05, 0.1) is 18.9 Å². The molecule has 0 radical (unpaired) electrons. The van der Waals surface area contributed by atoms with Crippen molar-refractivity contribution in [2.75, 3.05) is 33.3 Å². The second kappa shape index (κ2) is 10.8. The van der Waals surface area contributed by atoms with Gasteiger partial charge in [-0.05, 0) is 62.2 Å². The van der Waals surface area contributed by atoms with Gasteiger partial charge in [-0.2, -0.15) is 0 Å². The van der Waals surface area contributed by atoms with Gasteiger partial charge in [-0.25, -0.2) is 0 Å². The molecule has 6 heteroatoms. The summed E-state index contributed by atoms with van der Waals surface area (Å²) in [5.74, 6) is 2.71. The Morgan fingerprint density at radius 3 is 2.79 bits per heavy atom. The van der Waals surface area contributed by atoms with Crippen LogP contribution >= 0.6 is 0 Å². The fourth-order valence-electron chi connectivity index (χ4n) is 3.51. The molecule has 2 aromatic rings. The Kier molecular flexibility index (Phi) is 7.79. The Balaban J connectivity index is 1.53. The third-order valence-corrected chi connectivity index (χ3v) is 4.97. The summed E-state index contributed by atoms with van der Waals surface area (Å²) < 4.78 is 11.4. The van der Waals surface area contributed by atoms with Crippen molar-refractivity contribution in [2.45, 2.75) is 38.8 Å². The van der Waals surface area contributed by atoms with E-state index in [0.717, 1.165) is 50.1 Å². The Morgan fingerprint density at radius 1 is 1.21 bits per heavy atom. The first-order valence-electron chi connectivity index (χ1n) is 10.2. The molecule has 1 aromatic carbocycles. The average molecular weight is 385 g/mol. The van der Waals surface area contributed by atoms with Crippen LogP contribution in [0.2, 0.25) is 0 Å². The Hall–Kier alpha value is -2.47. The minimum atomic E-state index is 0.224. The number of benzene rings is 1.